The van der Waals surface area contributed by atoms with Gasteiger partial charge >= 0.3 is 0 Å². The zero-order chi connectivity index (χ0) is 13.7. The Morgan fingerprint density at radius 1 is 1.29 bits per heavy atom. The van der Waals surface area contributed by atoms with E-state index < -0.39 is 0 Å². The highest BCUT2D eigenvalue weighted by atomic mass is 35.5. The molecule has 1 aromatic rings. The molecule has 2 rings (SSSR count). The number of hydrogen-bond donors (Lipinski definition) is 2. The number of phenolic OH excluding ortho intramolecular Hbond substituents is 1. The lowest BCUT2D eigenvalue weighted by atomic mass is 9.98. The first-order valence-electron chi connectivity index (χ1n) is 7.15. The summed E-state index contributed by atoms with van der Waals surface area (Å²) in [6, 6.07) is 5.65. The van der Waals surface area contributed by atoms with Crippen molar-refractivity contribution in [1.82, 2.24) is 10.2 Å². The molecule has 2 N–H and O–H groups in total. The number of halogens is 3. The van der Waals surface area contributed by atoms with E-state index in [2.05, 4.69) is 17.1 Å². The third kappa shape index (κ3) is 5.84. The van der Waals surface area contributed by atoms with Crippen molar-refractivity contribution < 1.29 is 5.11 Å². The molecular weight excluding hydrogens is 331 g/mol. The summed E-state index contributed by atoms with van der Waals surface area (Å²) in [5.74, 6) is 0.365. The molecule has 21 heavy (non-hydrogen) atoms. The van der Waals surface area contributed by atoms with E-state index in [1.165, 1.54) is 12.8 Å². The van der Waals surface area contributed by atoms with Crippen LogP contribution in [0.15, 0.2) is 18.2 Å². The van der Waals surface area contributed by atoms with Gasteiger partial charge < -0.3 is 10.4 Å². The molecule has 1 saturated heterocycles. The van der Waals surface area contributed by atoms with E-state index in [0.29, 0.717) is 10.8 Å². The van der Waals surface area contributed by atoms with Crippen LogP contribution in [-0.2, 0) is 0 Å². The maximum atomic E-state index is 10.1. The number of nitrogens with zero attached hydrogens (tertiary/aromatic N) is 1. The van der Waals surface area contributed by atoms with Crippen LogP contribution in [0.2, 0.25) is 5.02 Å². The summed E-state index contributed by atoms with van der Waals surface area (Å²) in [4.78, 5) is 2.46. The van der Waals surface area contributed by atoms with Crippen molar-refractivity contribution in [2.75, 3.05) is 26.2 Å². The zero-order valence-electron chi connectivity index (χ0n) is 12.3. The largest absolute Gasteiger partial charge is 0.508 e. The second kappa shape index (κ2) is 10.5. The lowest BCUT2D eigenvalue weighted by Gasteiger charge is -2.35. The summed E-state index contributed by atoms with van der Waals surface area (Å²) < 4.78 is 0. The lowest BCUT2D eigenvalue weighted by Crippen LogP contribution is -2.45. The van der Waals surface area contributed by atoms with E-state index >= 15 is 0 Å². The Bertz CT molecular complexity index is 412. The first-order valence-corrected chi connectivity index (χ1v) is 7.53. The van der Waals surface area contributed by atoms with Gasteiger partial charge in [0.1, 0.15) is 5.75 Å². The summed E-state index contributed by atoms with van der Waals surface area (Å²) in [7, 11) is 0. The van der Waals surface area contributed by atoms with Gasteiger partial charge in [-0.15, -0.1) is 24.8 Å². The van der Waals surface area contributed by atoms with Crippen molar-refractivity contribution in [2.45, 2.75) is 32.2 Å². The predicted molar refractivity (Wildman–Crippen MR) is 94.3 cm³/mol. The molecule has 1 heterocycles. The number of phenols is 1. The van der Waals surface area contributed by atoms with Crippen LogP contribution in [0, 0.1) is 0 Å². The van der Waals surface area contributed by atoms with Crippen LogP contribution in [0.5, 0.6) is 5.75 Å². The van der Waals surface area contributed by atoms with E-state index in [9.17, 15) is 5.11 Å². The molecule has 0 spiro atoms. The van der Waals surface area contributed by atoms with Crippen LogP contribution < -0.4 is 5.32 Å². The Morgan fingerprint density at radius 2 is 1.95 bits per heavy atom. The fourth-order valence-corrected chi connectivity index (χ4v) is 2.90. The van der Waals surface area contributed by atoms with Crippen LogP contribution >= 0.6 is 36.4 Å². The van der Waals surface area contributed by atoms with E-state index in [4.69, 9.17) is 11.6 Å². The molecule has 1 aliphatic heterocycles. The van der Waals surface area contributed by atoms with Crippen molar-refractivity contribution >= 4 is 36.4 Å². The average molecular weight is 356 g/mol. The molecule has 1 aliphatic rings. The molecule has 0 amide bonds. The second-order valence-corrected chi connectivity index (χ2v) is 5.58. The highest BCUT2D eigenvalue weighted by Crippen LogP contribution is 2.34. The molecule has 0 radical (unpaired) electrons. The number of unbranched alkanes of at least 4 members (excludes halogenated alkanes) is 1. The highest BCUT2D eigenvalue weighted by Gasteiger charge is 2.24. The standard InChI is InChI=1S/C15H23ClN2O.2ClH/c1-2-3-4-14(18-9-7-17-8-10-18)13-11-12(16)5-6-15(13)19;;/h5-6,11,14,17,19H,2-4,7-10H2,1H3;2*1H/t14-;;/m0../s1. The van der Waals surface area contributed by atoms with E-state index in [0.717, 1.165) is 38.2 Å². The maximum Gasteiger partial charge on any atom is 0.120 e. The second-order valence-electron chi connectivity index (χ2n) is 5.15. The minimum atomic E-state index is 0. The number of aromatic hydroxyl groups is 1. The van der Waals surface area contributed by atoms with E-state index in [1.54, 1.807) is 12.1 Å². The Morgan fingerprint density at radius 3 is 2.57 bits per heavy atom. The molecule has 1 fully saturated rings. The zero-order valence-corrected chi connectivity index (χ0v) is 14.7. The minimum absolute atomic E-state index is 0. The van der Waals surface area contributed by atoms with Gasteiger partial charge in [-0.05, 0) is 24.6 Å². The van der Waals surface area contributed by atoms with Gasteiger partial charge in [0.2, 0.25) is 0 Å². The summed E-state index contributed by atoms with van der Waals surface area (Å²) >= 11 is 6.09. The fraction of sp³-hybridized carbons (Fsp3) is 0.600. The van der Waals surface area contributed by atoms with Crippen molar-refractivity contribution in [3.8, 4) is 5.75 Å². The van der Waals surface area contributed by atoms with Crippen molar-refractivity contribution in [1.29, 1.82) is 0 Å². The summed E-state index contributed by atoms with van der Waals surface area (Å²) in [6.45, 7) is 6.29. The number of nitrogens with one attached hydrogen (secondary N) is 1. The Labute approximate surface area is 144 Å². The molecule has 3 nitrogen and oxygen atoms in total. The Balaban J connectivity index is 0.00000200. The first-order chi connectivity index (χ1) is 9.22. The molecule has 0 bridgehead atoms. The van der Waals surface area contributed by atoms with Gasteiger partial charge in [-0.25, -0.2) is 0 Å². The van der Waals surface area contributed by atoms with Crippen LogP contribution in [0.25, 0.3) is 0 Å². The van der Waals surface area contributed by atoms with Gasteiger partial charge in [0.15, 0.2) is 0 Å². The monoisotopic (exact) mass is 354 g/mol. The van der Waals surface area contributed by atoms with E-state index in [-0.39, 0.29) is 30.9 Å². The van der Waals surface area contributed by atoms with Crippen LogP contribution in [0.1, 0.15) is 37.8 Å². The molecule has 1 atom stereocenters. The predicted octanol–water partition coefficient (Wildman–Crippen LogP) is 4.03. The number of benzene rings is 1. The number of hydrogen-bond acceptors (Lipinski definition) is 3. The molecule has 6 heteroatoms. The SMILES string of the molecule is CCCC[C@@H](c1cc(Cl)ccc1O)N1CCNCC1.Cl.Cl. The van der Waals surface area contributed by atoms with Gasteiger partial charge in [-0.2, -0.15) is 0 Å². The van der Waals surface area contributed by atoms with Gasteiger partial charge in [0.25, 0.3) is 0 Å². The normalized spacial score (nSPS) is 16.7. The minimum Gasteiger partial charge on any atom is -0.508 e. The van der Waals surface area contributed by atoms with Crippen LogP contribution in [0.4, 0.5) is 0 Å². The highest BCUT2D eigenvalue weighted by molar-refractivity contribution is 6.30. The summed E-state index contributed by atoms with van der Waals surface area (Å²) in [5.41, 5.74) is 0.975. The summed E-state index contributed by atoms with van der Waals surface area (Å²) in [5, 5.41) is 14.2. The van der Waals surface area contributed by atoms with Crippen molar-refractivity contribution in [3.05, 3.63) is 28.8 Å². The van der Waals surface area contributed by atoms with Crippen molar-refractivity contribution in [2.24, 2.45) is 0 Å². The third-order valence-electron chi connectivity index (χ3n) is 3.77. The quantitative estimate of drug-likeness (QED) is 0.837. The van der Waals surface area contributed by atoms with Crippen LogP contribution in [-0.4, -0.2) is 36.2 Å². The lowest BCUT2D eigenvalue weighted by molar-refractivity contribution is 0.160. The molecule has 0 unspecified atom stereocenters. The Kier molecular flexibility index (Phi) is 10.4. The molecule has 0 aliphatic carbocycles. The average Bonchev–Trinajstić information content (AvgIpc) is 2.44. The van der Waals surface area contributed by atoms with E-state index in [1.807, 2.05) is 6.07 Å². The van der Waals surface area contributed by atoms with Crippen LogP contribution in [0.3, 0.4) is 0 Å². The molecule has 1 aromatic carbocycles. The maximum absolute atomic E-state index is 10.1. The molecular formula is C15H25Cl3N2O. The van der Waals surface area contributed by atoms with Gasteiger partial charge in [-0.1, -0.05) is 31.4 Å². The number of piperazine rings is 1. The smallest absolute Gasteiger partial charge is 0.120 e. The fourth-order valence-electron chi connectivity index (χ4n) is 2.72. The molecule has 122 valence electrons. The third-order valence-corrected chi connectivity index (χ3v) is 4.01. The summed E-state index contributed by atoms with van der Waals surface area (Å²) in [6.07, 6.45) is 3.41. The van der Waals surface area contributed by atoms with Gasteiger partial charge in [0, 0.05) is 42.8 Å². The molecule has 0 saturated carbocycles. The first kappa shape index (κ1) is 20.8. The topological polar surface area (TPSA) is 35.5 Å². The van der Waals surface area contributed by atoms with Crippen molar-refractivity contribution in [3.63, 3.8) is 0 Å². The van der Waals surface area contributed by atoms with Gasteiger partial charge in [-0.3, -0.25) is 4.90 Å². The Hall–Kier alpha value is -0.190. The number of rotatable bonds is 5. The molecule has 0 aromatic heterocycles. The van der Waals surface area contributed by atoms with Gasteiger partial charge in [0.05, 0.1) is 0 Å².